The highest BCUT2D eigenvalue weighted by Gasteiger charge is 2.64. The monoisotopic (exact) mass is 564 g/mol. The molecular formula is C31H52O7Si. The first-order valence-corrected chi connectivity index (χ1v) is 17.6. The molecule has 1 aliphatic heterocycles. The first-order valence-electron chi connectivity index (χ1n) is 15.5. The second-order valence-corrected chi connectivity index (χ2v) is 18.5. The normalized spacial score (nSPS) is 29.7. The maximum Gasteiger partial charge on any atom is 0.323 e. The van der Waals surface area contributed by atoms with E-state index >= 15 is 0 Å². The van der Waals surface area contributed by atoms with Crippen LogP contribution in [0.25, 0.3) is 0 Å². The molecule has 4 rings (SSSR count). The molecule has 1 heterocycles. The lowest BCUT2D eigenvalue weighted by molar-refractivity contribution is -0.200. The van der Waals surface area contributed by atoms with Gasteiger partial charge in [0.25, 0.3) is 8.32 Å². The molecule has 4 atom stereocenters. The Morgan fingerprint density at radius 3 is 1.97 bits per heavy atom. The van der Waals surface area contributed by atoms with E-state index in [4.69, 9.17) is 23.4 Å². The number of esters is 2. The van der Waals surface area contributed by atoms with Crippen molar-refractivity contribution in [3.05, 3.63) is 11.8 Å². The summed E-state index contributed by atoms with van der Waals surface area (Å²) in [7, 11) is -2.13. The van der Waals surface area contributed by atoms with E-state index in [1.807, 2.05) is 0 Å². The highest BCUT2D eigenvalue weighted by molar-refractivity contribution is 6.77. The number of hydrogen-bond donors (Lipinski definition) is 0. The van der Waals surface area contributed by atoms with Crippen molar-refractivity contribution in [2.45, 2.75) is 116 Å². The maximum atomic E-state index is 13.8. The van der Waals surface area contributed by atoms with E-state index in [-0.39, 0.29) is 25.0 Å². The molecule has 8 heteroatoms. The fraction of sp³-hybridized carbons (Fsp3) is 0.871. The van der Waals surface area contributed by atoms with E-state index in [2.05, 4.69) is 47.6 Å². The van der Waals surface area contributed by atoms with Crippen LogP contribution < -0.4 is 0 Å². The number of carbonyl (C=O) groups excluding carboxylic acids is 2. The Morgan fingerprint density at radius 2 is 1.46 bits per heavy atom. The molecule has 0 aromatic heterocycles. The summed E-state index contributed by atoms with van der Waals surface area (Å²) in [6, 6.07) is 0. The fourth-order valence-electron chi connectivity index (χ4n) is 8.92. The molecule has 4 aliphatic rings. The van der Waals surface area contributed by atoms with Crippen LogP contribution in [0, 0.1) is 29.1 Å². The third-order valence-corrected chi connectivity index (χ3v) is 16.4. The molecule has 0 radical (unpaired) electrons. The summed E-state index contributed by atoms with van der Waals surface area (Å²) < 4.78 is 31.0. The van der Waals surface area contributed by atoms with Crippen molar-refractivity contribution < 1.29 is 33.0 Å². The number of rotatable bonds is 9. The lowest BCUT2D eigenvalue weighted by Gasteiger charge is -2.45. The molecular weight excluding hydrogens is 512 g/mol. The van der Waals surface area contributed by atoms with E-state index in [1.165, 1.54) is 0 Å². The minimum Gasteiger partial charge on any atom is -0.546 e. The highest BCUT2D eigenvalue weighted by atomic mass is 28.4. The summed E-state index contributed by atoms with van der Waals surface area (Å²) in [6.07, 6.45) is 6.66. The quantitative estimate of drug-likeness (QED) is 0.174. The van der Waals surface area contributed by atoms with Crippen molar-refractivity contribution >= 4 is 20.3 Å². The Bertz CT molecular complexity index is 880. The Kier molecular flexibility index (Phi) is 9.29. The van der Waals surface area contributed by atoms with Crippen molar-refractivity contribution in [3.63, 3.8) is 0 Å². The van der Waals surface area contributed by atoms with Gasteiger partial charge in [-0.3, -0.25) is 9.59 Å². The van der Waals surface area contributed by atoms with Gasteiger partial charge in [-0.15, -0.1) is 0 Å². The summed E-state index contributed by atoms with van der Waals surface area (Å²) in [4.78, 5) is 27.6. The molecule has 7 nitrogen and oxygen atoms in total. The fourth-order valence-corrected chi connectivity index (χ4v) is 14.3. The van der Waals surface area contributed by atoms with E-state index in [0.717, 1.165) is 31.4 Å². The van der Waals surface area contributed by atoms with Crippen LogP contribution in [0.2, 0.25) is 16.6 Å². The predicted molar refractivity (Wildman–Crippen MR) is 152 cm³/mol. The summed E-state index contributed by atoms with van der Waals surface area (Å²) in [5.74, 6) is -0.0200. The second-order valence-electron chi connectivity index (χ2n) is 13.2. The van der Waals surface area contributed by atoms with Gasteiger partial charge in [0.1, 0.15) is 0 Å². The van der Waals surface area contributed by atoms with Gasteiger partial charge >= 0.3 is 11.9 Å². The Balaban J connectivity index is 1.79. The first-order chi connectivity index (χ1) is 18.5. The number of carbonyl (C=O) groups is 2. The standard InChI is InChI=1S/C31H52O7Si/c1-9-34-28(32)30(29(33)35-10-2)18-23-17-24(38-39(20(3)4,21(5)6)22(7)8)11-12-25(23)26-13-14-31(27(26)19-30)36-15-16-37-31/h17,20-23,25-27H,9-16,18-19H2,1-8H3/t23-,25+,26+,27+/m1/s1. The molecule has 1 spiro atoms. The van der Waals surface area contributed by atoms with Crippen LogP contribution in [0.5, 0.6) is 0 Å². The molecule has 39 heavy (non-hydrogen) atoms. The Labute approximate surface area is 236 Å². The SMILES string of the molecule is CCOC(=O)C1(C(=O)OCC)C[C@H]2C=C(O[Si](C(C)C)(C(C)C)C(C)C)CC[C@@H]2[C@@H]2CCC3(OCCO3)[C@H]2C1. The average Bonchev–Trinajstić information content (AvgIpc) is 3.45. The van der Waals surface area contributed by atoms with Gasteiger partial charge in [-0.2, -0.15) is 0 Å². The topological polar surface area (TPSA) is 80.3 Å². The molecule has 3 fully saturated rings. The van der Waals surface area contributed by atoms with E-state index in [1.54, 1.807) is 13.8 Å². The molecule has 0 bridgehead atoms. The summed E-state index contributed by atoms with van der Waals surface area (Å²) in [6.45, 7) is 19.0. The molecule has 1 saturated heterocycles. The van der Waals surface area contributed by atoms with E-state index in [9.17, 15) is 9.59 Å². The zero-order chi connectivity index (χ0) is 28.6. The smallest absolute Gasteiger partial charge is 0.323 e. The third-order valence-electron chi connectivity index (χ3n) is 10.4. The molecule has 0 aromatic rings. The van der Waals surface area contributed by atoms with Gasteiger partial charge in [-0.25, -0.2) is 0 Å². The first kappa shape index (κ1) is 30.6. The third kappa shape index (κ3) is 5.23. The van der Waals surface area contributed by atoms with Crippen LogP contribution in [0.15, 0.2) is 11.8 Å². The minimum atomic E-state index is -2.13. The molecule has 222 valence electrons. The molecule has 2 saturated carbocycles. The van der Waals surface area contributed by atoms with E-state index in [0.29, 0.717) is 54.5 Å². The molecule has 0 N–H and O–H groups in total. The van der Waals surface area contributed by atoms with Crippen molar-refractivity contribution in [2.24, 2.45) is 29.1 Å². The average molecular weight is 565 g/mol. The number of hydrogen-bond acceptors (Lipinski definition) is 7. The highest BCUT2D eigenvalue weighted by Crippen LogP contribution is 2.61. The van der Waals surface area contributed by atoms with Gasteiger partial charge in [-0.1, -0.05) is 41.5 Å². The maximum absolute atomic E-state index is 13.8. The zero-order valence-electron chi connectivity index (χ0n) is 25.5. The predicted octanol–water partition coefficient (Wildman–Crippen LogP) is 6.76. The lowest BCUT2D eigenvalue weighted by atomic mass is 9.71. The van der Waals surface area contributed by atoms with Crippen LogP contribution in [0.4, 0.5) is 0 Å². The molecule has 0 aromatic carbocycles. The van der Waals surface area contributed by atoms with Crippen LogP contribution in [-0.2, 0) is 33.0 Å². The molecule has 0 unspecified atom stereocenters. The van der Waals surface area contributed by atoms with Gasteiger partial charge in [0.15, 0.2) is 11.2 Å². The Hall–Kier alpha value is -1.38. The van der Waals surface area contributed by atoms with Gasteiger partial charge < -0.3 is 23.4 Å². The van der Waals surface area contributed by atoms with Crippen molar-refractivity contribution in [1.29, 1.82) is 0 Å². The van der Waals surface area contributed by atoms with Crippen LogP contribution in [0.1, 0.15) is 93.9 Å². The summed E-state index contributed by atoms with van der Waals surface area (Å²) in [5, 5.41) is 0. The van der Waals surface area contributed by atoms with Crippen LogP contribution >= 0.6 is 0 Å². The summed E-state index contributed by atoms with van der Waals surface area (Å²) in [5.41, 5.74) is 0.0280. The lowest BCUT2D eigenvalue weighted by Crippen LogP contribution is -2.48. The van der Waals surface area contributed by atoms with Crippen molar-refractivity contribution in [1.82, 2.24) is 0 Å². The van der Waals surface area contributed by atoms with Gasteiger partial charge in [-0.05, 0) is 80.0 Å². The molecule has 3 aliphatic carbocycles. The number of fused-ring (bicyclic) bond motifs is 4. The largest absolute Gasteiger partial charge is 0.546 e. The molecule has 0 amide bonds. The van der Waals surface area contributed by atoms with Gasteiger partial charge in [0.05, 0.1) is 32.2 Å². The van der Waals surface area contributed by atoms with Crippen LogP contribution in [-0.4, -0.2) is 52.5 Å². The number of allylic oxidation sites excluding steroid dienone is 2. The van der Waals surface area contributed by atoms with Gasteiger partial charge in [0.2, 0.25) is 0 Å². The summed E-state index contributed by atoms with van der Waals surface area (Å²) >= 11 is 0. The zero-order valence-corrected chi connectivity index (χ0v) is 26.5. The number of ether oxygens (including phenoxy) is 4. The second kappa shape index (κ2) is 11.8. The van der Waals surface area contributed by atoms with E-state index < -0.39 is 31.5 Å². The minimum absolute atomic E-state index is 0.0207. The van der Waals surface area contributed by atoms with Gasteiger partial charge in [0, 0.05) is 18.8 Å². The Morgan fingerprint density at radius 1 is 0.897 bits per heavy atom. The van der Waals surface area contributed by atoms with Crippen molar-refractivity contribution in [3.8, 4) is 0 Å². The van der Waals surface area contributed by atoms with Crippen LogP contribution in [0.3, 0.4) is 0 Å². The van der Waals surface area contributed by atoms with Crippen molar-refractivity contribution in [2.75, 3.05) is 26.4 Å².